The van der Waals surface area contributed by atoms with Gasteiger partial charge in [-0.25, -0.2) is 4.57 Å². The van der Waals surface area contributed by atoms with E-state index in [1.807, 2.05) is 18.2 Å². The van der Waals surface area contributed by atoms with E-state index in [0.717, 1.165) is 31.2 Å². The van der Waals surface area contributed by atoms with Crippen LogP contribution in [-0.2, 0) is 13.9 Å². The SMILES string of the molecule is CCCCCCCC/C=C\CCCCCCCC(=O)N[C@H](COP(=O)(O)O)c1ccccc1. The van der Waals surface area contributed by atoms with Crippen molar-refractivity contribution < 1.29 is 23.7 Å². The van der Waals surface area contributed by atoms with Crippen molar-refractivity contribution in [3.63, 3.8) is 0 Å². The summed E-state index contributed by atoms with van der Waals surface area (Å²) >= 11 is 0. The first kappa shape index (κ1) is 29.6. The second kappa shape index (κ2) is 18.9. The van der Waals surface area contributed by atoms with Gasteiger partial charge in [-0.05, 0) is 37.7 Å². The molecule has 6 nitrogen and oxygen atoms in total. The van der Waals surface area contributed by atoms with Crippen molar-refractivity contribution in [1.29, 1.82) is 0 Å². The van der Waals surface area contributed by atoms with Gasteiger partial charge in [-0.2, -0.15) is 0 Å². The number of amides is 1. The number of rotatable bonds is 20. The van der Waals surface area contributed by atoms with Crippen LogP contribution in [0.25, 0.3) is 0 Å². The van der Waals surface area contributed by atoms with E-state index in [1.165, 1.54) is 57.8 Å². The third-order valence-corrected chi connectivity index (χ3v) is 6.10. The molecule has 33 heavy (non-hydrogen) atoms. The Hall–Kier alpha value is -1.46. The largest absolute Gasteiger partial charge is 0.469 e. The number of benzene rings is 1. The summed E-state index contributed by atoms with van der Waals surface area (Å²) in [5.41, 5.74) is 0.754. The third-order valence-electron chi connectivity index (χ3n) is 5.61. The molecule has 0 bridgehead atoms. The summed E-state index contributed by atoms with van der Waals surface area (Å²) in [6.07, 6.45) is 20.7. The van der Waals surface area contributed by atoms with Gasteiger partial charge in [-0.15, -0.1) is 0 Å². The minimum Gasteiger partial charge on any atom is -0.347 e. The van der Waals surface area contributed by atoms with Crippen LogP contribution in [0, 0.1) is 0 Å². The molecule has 1 atom stereocenters. The maximum atomic E-state index is 12.3. The quantitative estimate of drug-likeness (QED) is 0.106. The van der Waals surface area contributed by atoms with Crippen LogP contribution < -0.4 is 5.32 Å². The summed E-state index contributed by atoms with van der Waals surface area (Å²) in [6, 6.07) is 8.49. The molecule has 7 heteroatoms. The van der Waals surface area contributed by atoms with Crippen LogP contribution in [0.4, 0.5) is 0 Å². The van der Waals surface area contributed by atoms with Crippen LogP contribution >= 0.6 is 7.82 Å². The molecule has 0 saturated carbocycles. The van der Waals surface area contributed by atoms with Crippen LogP contribution in [0.2, 0.25) is 0 Å². The average molecular weight is 482 g/mol. The predicted octanol–water partition coefficient (Wildman–Crippen LogP) is 6.99. The highest BCUT2D eigenvalue weighted by Crippen LogP contribution is 2.37. The molecule has 188 valence electrons. The zero-order valence-electron chi connectivity index (χ0n) is 20.3. The Labute approximate surface area is 200 Å². The maximum Gasteiger partial charge on any atom is 0.469 e. The van der Waals surface area contributed by atoms with Crippen molar-refractivity contribution >= 4 is 13.7 Å². The van der Waals surface area contributed by atoms with E-state index >= 15 is 0 Å². The summed E-state index contributed by atoms with van der Waals surface area (Å²) in [4.78, 5) is 30.3. The minimum atomic E-state index is -4.59. The van der Waals surface area contributed by atoms with Gasteiger partial charge >= 0.3 is 7.82 Å². The highest BCUT2D eigenvalue weighted by molar-refractivity contribution is 7.46. The lowest BCUT2D eigenvalue weighted by molar-refractivity contribution is -0.122. The molecular formula is C26H44NO5P. The summed E-state index contributed by atoms with van der Waals surface area (Å²) in [7, 11) is -4.59. The fourth-order valence-electron chi connectivity index (χ4n) is 3.70. The van der Waals surface area contributed by atoms with Gasteiger partial charge in [-0.3, -0.25) is 9.32 Å². The van der Waals surface area contributed by atoms with Gasteiger partial charge in [0.2, 0.25) is 5.91 Å². The first-order chi connectivity index (χ1) is 15.9. The molecule has 0 heterocycles. The first-order valence-electron chi connectivity index (χ1n) is 12.6. The van der Waals surface area contributed by atoms with E-state index in [1.54, 1.807) is 12.1 Å². The van der Waals surface area contributed by atoms with Gasteiger partial charge in [0.1, 0.15) is 0 Å². The summed E-state index contributed by atoms with van der Waals surface area (Å²) in [5.74, 6) is -0.129. The Morgan fingerprint density at radius 3 is 2.03 bits per heavy atom. The fourth-order valence-corrected chi connectivity index (χ4v) is 4.04. The van der Waals surface area contributed by atoms with E-state index < -0.39 is 13.9 Å². The van der Waals surface area contributed by atoms with Gasteiger partial charge in [0, 0.05) is 6.42 Å². The molecule has 1 aromatic carbocycles. The Balaban J connectivity index is 2.11. The molecule has 0 aliphatic carbocycles. The number of hydrogen-bond donors (Lipinski definition) is 3. The molecule has 0 aromatic heterocycles. The molecule has 3 N–H and O–H groups in total. The van der Waals surface area contributed by atoms with Gasteiger partial charge in [0.25, 0.3) is 0 Å². The number of nitrogens with one attached hydrogen (secondary N) is 1. The molecule has 1 aromatic rings. The lowest BCUT2D eigenvalue weighted by atomic mass is 10.1. The maximum absolute atomic E-state index is 12.3. The number of carbonyl (C=O) groups excluding carboxylic acids is 1. The second-order valence-electron chi connectivity index (χ2n) is 8.65. The topological polar surface area (TPSA) is 95.9 Å². The van der Waals surface area contributed by atoms with Gasteiger partial charge < -0.3 is 15.1 Å². The summed E-state index contributed by atoms with van der Waals surface area (Å²) in [5, 5.41) is 2.84. The molecule has 0 aliphatic heterocycles. The predicted molar refractivity (Wildman–Crippen MR) is 135 cm³/mol. The van der Waals surface area contributed by atoms with Gasteiger partial charge in [0.15, 0.2) is 0 Å². The number of phosphoric acid groups is 1. The van der Waals surface area contributed by atoms with Crippen LogP contribution in [0.15, 0.2) is 42.5 Å². The average Bonchev–Trinajstić information content (AvgIpc) is 2.79. The molecule has 0 radical (unpaired) electrons. The summed E-state index contributed by atoms with van der Waals surface area (Å²) in [6.45, 7) is 1.98. The zero-order chi connectivity index (χ0) is 24.2. The fraction of sp³-hybridized carbons (Fsp3) is 0.654. The molecule has 0 saturated heterocycles. The van der Waals surface area contributed by atoms with Crippen molar-refractivity contribution in [3.05, 3.63) is 48.0 Å². The molecule has 0 spiro atoms. The van der Waals surface area contributed by atoms with Gasteiger partial charge in [0.05, 0.1) is 12.6 Å². The zero-order valence-corrected chi connectivity index (χ0v) is 21.2. The molecule has 1 amide bonds. The molecule has 0 unspecified atom stereocenters. The smallest absolute Gasteiger partial charge is 0.347 e. The molecule has 1 rings (SSSR count). The van der Waals surface area contributed by atoms with E-state index in [2.05, 4.69) is 28.9 Å². The van der Waals surface area contributed by atoms with Crippen molar-refractivity contribution in [1.82, 2.24) is 5.32 Å². The van der Waals surface area contributed by atoms with Crippen molar-refractivity contribution in [3.8, 4) is 0 Å². The number of carbonyl (C=O) groups is 1. The number of phosphoric ester groups is 1. The first-order valence-corrected chi connectivity index (χ1v) is 14.1. The third kappa shape index (κ3) is 17.7. The number of allylic oxidation sites excluding steroid dienone is 2. The Morgan fingerprint density at radius 1 is 0.909 bits per heavy atom. The van der Waals surface area contributed by atoms with Gasteiger partial charge in [-0.1, -0.05) is 101 Å². The Bertz CT molecular complexity index is 689. The minimum absolute atomic E-state index is 0.129. The van der Waals surface area contributed by atoms with E-state index in [-0.39, 0.29) is 12.5 Å². The monoisotopic (exact) mass is 481 g/mol. The van der Waals surface area contributed by atoms with Crippen LogP contribution in [0.1, 0.15) is 108 Å². The lowest BCUT2D eigenvalue weighted by Gasteiger charge is -2.19. The van der Waals surface area contributed by atoms with Crippen molar-refractivity contribution in [2.24, 2.45) is 0 Å². The van der Waals surface area contributed by atoms with Crippen LogP contribution in [0.3, 0.4) is 0 Å². The standard InChI is InChI=1S/C26H44NO5P/c1-2-3-4-5-6-7-8-9-10-11-12-13-14-15-19-22-26(28)27-25(23-32-33(29,30)31)24-20-17-16-18-21-24/h9-10,16-18,20-21,25H,2-8,11-15,19,22-23H2,1H3,(H,27,28)(H2,29,30,31)/b10-9-/t25-/m1/s1. The Kier molecular flexibility index (Phi) is 16.9. The summed E-state index contributed by atoms with van der Waals surface area (Å²) < 4.78 is 15.7. The second-order valence-corrected chi connectivity index (χ2v) is 9.89. The van der Waals surface area contributed by atoms with E-state index in [0.29, 0.717) is 6.42 Å². The normalized spacial score (nSPS) is 12.8. The van der Waals surface area contributed by atoms with Crippen LogP contribution in [0.5, 0.6) is 0 Å². The van der Waals surface area contributed by atoms with Crippen molar-refractivity contribution in [2.45, 2.75) is 103 Å². The molecule has 0 aliphatic rings. The van der Waals surface area contributed by atoms with E-state index in [4.69, 9.17) is 9.79 Å². The molecule has 0 fully saturated rings. The molecular weight excluding hydrogens is 437 g/mol. The van der Waals surface area contributed by atoms with Crippen LogP contribution in [-0.4, -0.2) is 22.3 Å². The lowest BCUT2D eigenvalue weighted by Crippen LogP contribution is -2.31. The number of hydrogen-bond acceptors (Lipinski definition) is 3. The van der Waals surface area contributed by atoms with Crippen molar-refractivity contribution in [2.75, 3.05) is 6.61 Å². The highest BCUT2D eigenvalue weighted by atomic mass is 31.2. The number of unbranched alkanes of at least 4 members (excludes halogenated alkanes) is 11. The Morgan fingerprint density at radius 2 is 1.45 bits per heavy atom. The van der Waals surface area contributed by atoms with E-state index in [9.17, 15) is 9.36 Å². The highest BCUT2D eigenvalue weighted by Gasteiger charge is 2.20.